The van der Waals surface area contributed by atoms with Gasteiger partial charge in [0.15, 0.2) is 8.32 Å². The Kier molecular flexibility index (Phi) is 8.45. The lowest BCUT2D eigenvalue weighted by molar-refractivity contribution is 0.258. The molecule has 0 fully saturated rings. The van der Waals surface area contributed by atoms with Crippen molar-refractivity contribution >= 4 is 8.32 Å². The van der Waals surface area contributed by atoms with Crippen LogP contribution < -0.4 is 0 Å². The van der Waals surface area contributed by atoms with Gasteiger partial charge in [-0.1, -0.05) is 66.7 Å². The van der Waals surface area contributed by atoms with Crippen LogP contribution in [0.5, 0.6) is 0 Å². The van der Waals surface area contributed by atoms with Crippen molar-refractivity contribution in [1.29, 1.82) is 0 Å². The molecule has 0 bridgehead atoms. The number of unbranched alkanes of at least 4 members (excludes halogenated alkanes) is 5. The quantitative estimate of drug-likeness (QED) is 0.350. The normalized spacial score (nSPS) is 13.3. The Labute approximate surface area is 117 Å². The maximum absolute atomic E-state index is 6.30. The Hall–Kier alpha value is 0.177. The number of rotatable bonds is 10. The summed E-state index contributed by atoms with van der Waals surface area (Å²) in [5.74, 6) is 0.698. The van der Waals surface area contributed by atoms with Crippen LogP contribution >= 0.6 is 0 Å². The van der Waals surface area contributed by atoms with Crippen molar-refractivity contribution in [2.24, 2.45) is 5.92 Å². The van der Waals surface area contributed by atoms with Crippen LogP contribution in [0.1, 0.15) is 73.1 Å². The van der Waals surface area contributed by atoms with Gasteiger partial charge in [-0.25, -0.2) is 0 Å². The molecule has 0 aliphatic rings. The van der Waals surface area contributed by atoms with Crippen molar-refractivity contribution in [1.82, 2.24) is 0 Å². The molecule has 0 N–H and O–H groups in total. The van der Waals surface area contributed by atoms with E-state index in [1.807, 2.05) is 0 Å². The second-order valence-electron chi connectivity index (χ2n) is 7.00. The average Bonchev–Trinajstić information content (AvgIpc) is 2.27. The van der Waals surface area contributed by atoms with E-state index >= 15 is 0 Å². The Bertz CT molecular complexity index is 209. The van der Waals surface area contributed by atoms with Crippen molar-refractivity contribution in [3.05, 3.63) is 0 Å². The first-order chi connectivity index (χ1) is 8.25. The lowest BCUT2D eigenvalue weighted by atomic mass is 9.99. The van der Waals surface area contributed by atoms with Gasteiger partial charge in [-0.15, -0.1) is 0 Å². The van der Waals surface area contributed by atoms with Crippen molar-refractivity contribution in [2.75, 3.05) is 6.61 Å². The van der Waals surface area contributed by atoms with Gasteiger partial charge in [-0.05, 0) is 30.5 Å². The van der Waals surface area contributed by atoms with Crippen LogP contribution in [-0.4, -0.2) is 14.9 Å². The molecule has 0 amide bonds. The molecule has 2 heteroatoms. The molecular formula is C16H36OSi. The number of hydrogen-bond donors (Lipinski definition) is 0. The predicted octanol–water partition coefficient (Wildman–Crippen LogP) is 6.00. The molecule has 0 aromatic heterocycles. The van der Waals surface area contributed by atoms with Crippen LogP contribution in [0.4, 0.5) is 0 Å². The van der Waals surface area contributed by atoms with Gasteiger partial charge < -0.3 is 4.43 Å². The highest BCUT2D eigenvalue weighted by molar-refractivity contribution is 6.74. The molecule has 0 spiro atoms. The van der Waals surface area contributed by atoms with Crippen molar-refractivity contribution in [3.8, 4) is 0 Å². The molecule has 0 aromatic carbocycles. The summed E-state index contributed by atoms with van der Waals surface area (Å²) >= 11 is 0. The smallest absolute Gasteiger partial charge is 0.192 e. The second-order valence-corrected chi connectivity index (χ2v) is 11.6. The van der Waals surface area contributed by atoms with Crippen LogP contribution in [0.3, 0.4) is 0 Å². The van der Waals surface area contributed by atoms with E-state index in [0.717, 1.165) is 6.61 Å². The summed E-state index contributed by atoms with van der Waals surface area (Å²) < 4.78 is 6.30. The van der Waals surface area contributed by atoms with Gasteiger partial charge in [0.1, 0.15) is 0 Å². The number of hydrogen-bond acceptors (Lipinski definition) is 1. The zero-order valence-electron chi connectivity index (χ0n) is 13.9. The van der Waals surface area contributed by atoms with Crippen molar-refractivity contribution in [3.63, 3.8) is 0 Å². The summed E-state index contributed by atoms with van der Waals surface area (Å²) in [7, 11) is -1.57. The second kappa shape index (κ2) is 8.37. The molecule has 0 heterocycles. The predicted molar refractivity (Wildman–Crippen MR) is 85.7 cm³/mol. The average molecular weight is 273 g/mol. The summed E-state index contributed by atoms with van der Waals surface area (Å²) in [5, 5.41) is 0.356. The standard InChI is InChI=1S/C16H36OSi/c1-8-9-10-11-12-13-14-17-18(6,7)16(4,5)15(2)3/h15H,8-14H2,1-7H3. The first-order valence-corrected chi connectivity index (χ1v) is 10.8. The van der Waals surface area contributed by atoms with E-state index < -0.39 is 8.32 Å². The van der Waals surface area contributed by atoms with Gasteiger partial charge in [0.2, 0.25) is 0 Å². The summed E-state index contributed by atoms with van der Waals surface area (Å²) in [6, 6.07) is 0. The van der Waals surface area contributed by atoms with E-state index in [1.165, 1.54) is 38.5 Å². The molecule has 18 heavy (non-hydrogen) atoms. The molecule has 0 radical (unpaired) electrons. The minimum absolute atomic E-state index is 0.356. The van der Waals surface area contributed by atoms with E-state index in [-0.39, 0.29) is 0 Å². The molecule has 0 unspecified atom stereocenters. The molecule has 0 saturated carbocycles. The van der Waals surface area contributed by atoms with Crippen LogP contribution in [-0.2, 0) is 4.43 Å². The van der Waals surface area contributed by atoms with E-state index in [1.54, 1.807) is 0 Å². The lowest BCUT2D eigenvalue weighted by Crippen LogP contribution is -2.45. The molecule has 0 rings (SSSR count). The summed E-state index contributed by atoms with van der Waals surface area (Å²) in [6.07, 6.45) is 8.09. The zero-order valence-corrected chi connectivity index (χ0v) is 14.9. The first-order valence-electron chi connectivity index (χ1n) is 7.89. The van der Waals surface area contributed by atoms with Gasteiger partial charge in [0, 0.05) is 6.61 Å². The lowest BCUT2D eigenvalue weighted by Gasteiger charge is -2.42. The Morgan fingerprint density at radius 2 is 1.44 bits per heavy atom. The van der Waals surface area contributed by atoms with Gasteiger partial charge in [0.05, 0.1) is 0 Å². The highest BCUT2D eigenvalue weighted by Gasteiger charge is 2.42. The van der Waals surface area contributed by atoms with E-state index in [9.17, 15) is 0 Å². The van der Waals surface area contributed by atoms with Crippen LogP contribution in [0.15, 0.2) is 0 Å². The Morgan fingerprint density at radius 3 is 1.94 bits per heavy atom. The fourth-order valence-corrected chi connectivity index (χ4v) is 4.51. The maximum atomic E-state index is 6.30. The largest absolute Gasteiger partial charge is 0.417 e. The highest BCUT2D eigenvalue weighted by Crippen LogP contribution is 2.44. The van der Waals surface area contributed by atoms with Crippen LogP contribution in [0.25, 0.3) is 0 Å². The third-order valence-corrected chi connectivity index (χ3v) is 9.56. The van der Waals surface area contributed by atoms with Gasteiger partial charge >= 0.3 is 0 Å². The van der Waals surface area contributed by atoms with Crippen LogP contribution in [0, 0.1) is 5.92 Å². The molecule has 0 aliphatic carbocycles. The summed E-state index contributed by atoms with van der Waals surface area (Å²) in [5.41, 5.74) is 0. The molecule has 1 nitrogen and oxygen atoms in total. The Morgan fingerprint density at radius 1 is 0.944 bits per heavy atom. The summed E-state index contributed by atoms with van der Waals surface area (Å²) in [6.45, 7) is 17.4. The Balaban J connectivity index is 3.84. The minimum Gasteiger partial charge on any atom is -0.417 e. The molecule has 0 aliphatic heterocycles. The zero-order chi connectivity index (χ0) is 14.2. The molecule has 0 atom stereocenters. The first kappa shape index (κ1) is 18.2. The summed E-state index contributed by atoms with van der Waals surface area (Å²) in [4.78, 5) is 0. The van der Waals surface area contributed by atoms with Gasteiger partial charge in [-0.2, -0.15) is 0 Å². The van der Waals surface area contributed by atoms with Crippen molar-refractivity contribution in [2.45, 2.75) is 91.3 Å². The van der Waals surface area contributed by atoms with Gasteiger partial charge in [-0.3, -0.25) is 0 Å². The fourth-order valence-electron chi connectivity index (χ4n) is 2.09. The monoisotopic (exact) mass is 272 g/mol. The third kappa shape index (κ3) is 5.88. The van der Waals surface area contributed by atoms with Gasteiger partial charge in [0.25, 0.3) is 0 Å². The third-order valence-electron chi connectivity index (χ3n) is 4.96. The molecule has 0 saturated heterocycles. The van der Waals surface area contributed by atoms with Crippen LogP contribution in [0.2, 0.25) is 18.1 Å². The minimum atomic E-state index is -1.57. The topological polar surface area (TPSA) is 9.23 Å². The molecule has 0 aromatic rings. The van der Waals surface area contributed by atoms with E-state index in [0.29, 0.717) is 11.0 Å². The fraction of sp³-hybridized carbons (Fsp3) is 1.00. The highest BCUT2D eigenvalue weighted by atomic mass is 28.4. The molecule has 110 valence electrons. The van der Waals surface area contributed by atoms with E-state index in [2.05, 4.69) is 47.7 Å². The van der Waals surface area contributed by atoms with E-state index in [4.69, 9.17) is 4.43 Å². The van der Waals surface area contributed by atoms with Crippen molar-refractivity contribution < 1.29 is 4.43 Å². The SMILES string of the molecule is CCCCCCCCO[Si](C)(C)C(C)(C)C(C)C. The maximum Gasteiger partial charge on any atom is 0.192 e. The molecular weight excluding hydrogens is 236 g/mol.